The van der Waals surface area contributed by atoms with Crippen LogP contribution in [-0.2, 0) is 32.0 Å². The number of carbonyl (C=O) groups is 1. The number of pyridine rings is 1. The molecule has 7 nitrogen and oxygen atoms in total. The zero-order valence-electron chi connectivity index (χ0n) is 18.2. The maximum atomic E-state index is 14.7. The molecule has 2 aromatic heterocycles. The van der Waals surface area contributed by atoms with Gasteiger partial charge in [-0.1, -0.05) is 12.1 Å². The summed E-state index contributed by atoms with van der Waals surface area (Å²) in [6.07, 6.45) is -1.02. The van der Waals surface area contributed by atoms with Gasteiger partial charge in [0.15, 0.2) is 21.5 Å². The number of rotatable bonds is 5. The predicted octanol–water partition coefficient (Wildman–Crippen LogP) is 4.17. The lowest BCUT2D eigenvalue weighted by Gasteiger charge is -2.19. The fraction of sp³-hybridized carbons (Fsp3) is 0.318. The number of alkyl halides is 3. The molecule has 35 heavy (non-hydrogen) atoms. The second-order valence-corrected chi connectivity index (χ2v) is 10.9. The van der Waals surface area contributed by atoms with Crippen molar-refractivity contribution in [2.45, 2.75) is 37.1 Å². The minimum absolute atomic E-state index is 0.0434. The minimum atomic E-state index is -4.91. The first-order valence-corrected chi connectivity index (χ1v) is 12.0. The Morgan fingerprint density at radius 3 is 2.60 bits per heavy atom. The second kappa shape index (κ2) is 8.70. The zero-order chi connectivity index (χ0) is 25.6. The van der Waals surface area contributed by atoms with E-state index in [0.717, 1.165) is 24.4 Å². The van der Waals surface area contributed by atoms with Gasteiger partial charge < -0.3 is 5.32 Å². The molecule has 1 saturated heterocycles. The summed E-state index contributed by atoms with van der Waals surface area (Å²) in [7, 11) is -3.41. The Labute approximate surface area is 196 Å². The summed E-state index contributed by atoms with van der Waals surface area (Å²) in [5.74, 6) is -3.46. The summed E-state index contributed by atoms with van der Waals surface area (Å²) >= 11 is 0. The molecule has 1 aliphatic heterocycles. The second-order valence-electron chi connectivity index (χ2n) is 8.35. The maximum absolute atomic E-state index is 14.7. The van der Waals surface area contributed by atoms with Crippen LogP contribution in [0.2, 0.25) is 0 Å². The molecule has 0 spiro atoms. The standard InChI is InChI=1S/C22H19F5N4O3S/c1-21(6-3-7-35(21,33)34)17-11-31(12-29-17)20-16(23)9-14(10-28-20)30-18(32)8-13-4-2-5-15(19(13)24)22(25,26)27/h2,4-5,9-12H,3,6-8H2,1H3,(H,30,32). The lowest BCUT2D eigenvalue weighted by Crippen LogP contribution is -2.28. The predicted molar refractivity (Wildman–Crippen MR) is 115 cm³/mol. The van der Waals surface area contributed by atoms with E-state index < -0.39 is 55.8 Å². The van der Waals surface area contributed by atoms with Crippen LogP contribution in [0.3, 0.4) is 0 Å². The van der Waals surface area contributed by atoms with Gasteiger partial charge in [0.25, 0.3) is 0 Å². The Balaban J connectivity index is 1.50. The number of nitrogens with zero attached hydrogens (tertiary/aromatic N) is 3. The van der Waals surface area contributed by atoms with Crippen LogP contribution < -0.4 is 5.32 Å². The van der Waals surface area contributed by atoms with Crippen LogP contribution in [0.15, 0.2) is 43.0 Å². The van der Waals surface area contributed by atoms with Crippen LogP contribution in [0, 0.1) is 11.6 Å². The fourth-order valence-electron chi connectivity index (χ4n) is 3.98. The number of imidazole rings is 1. The first-order valence-electron chi connectivity index (χ1n) is 10.4. The number of hydrogen-bond donors (Lipinski definition) is 1. The molecule has 3 aromatic rings. The highest BCUT2D eigenvalue weighted by molar-refractivity contribution is 7.92. The summed E-state index contributed by atoms with van der Waals surface area (Å²) in [5.41, 5.74) is -1.80. The maximum Gasteiger partial charge on any atom is 0.419 e. The lowest BCUT2D eigenvalue weighted by molar-refractivity contribution is -0.140. The number of nitrogens with one attached hydrogen (secondary N) is 1. The molecule has 0 bridgehead atoms. The number of aromatic nitrogens is 3. The zero-order valence-corrected chi connectivity index (χ0v) is 19.1. The number of benzene rings is 1. The van der Waals surface area contributed by atoms with Gasteiger partial charge in [-0.3, -0.25) is 9.36 Å². The molecule has 1 amide bonds. The largest absolute Gasteiger partial charge is 0.419 e. The van der Waals surface area contributed by atoms with Crippen LogP contribution in [-0.4, -0.2) is 34.6 Å². The van der Waals surface area contributed by atoms with Gasteiger partial charge in [-0.2, -0.15) is 13.2 Å². The molecule has 1 aliphatic rings. The Bertz CT molecular complexity index is 1400. The molecule has 0 saturated carbocycles. The molecule has 1 unspecified atom stereocenters. The number of anilines is 1. The van der Waals surface area contributed by atoms with Crippen molar-refractivity contribution in [3.05, 3.63) is 71.4 Å². The van der Waals surface area contributed by atoms with Crippen molar-refractivity contribution in [2.75, 3.05) is 11.1 Å². The van der Waals surface area contributed by atoms with Crippen LogP contribution >= 0.6 is 0 Å². The molecule has 4 rings (SSSR count). The third-order valence-electron chi connectivity index (χ3n) is 5.96. The molecule has 186 valence electrons. The summed E-state index contributed by atoms with van der Waals surface area (Å²) in [5, 5.41) is 2.27. The third kappa shape index (κ3) is 4.64. The first-order chi connectivity index (χ1) is 16.3. The molecule has 3 heterocycles. The highest BCUT2D eigenvalue weighted by atomic mass is 32.2. The highest BCUT2D eigenvalue weighted by Crippen LogP contribution is 2.40. The molecular formula is C22H19F5N4O3S. The van der Waals surface area contributed by atoms with Gasteiger partial charge in [0.05, 0.1) is 35.3 Å². The van der Waals surface area contributed by atoms with Crippen molar-refractivity contribution in [2.24, 2.45) is 0 Å². The Kier molecular flexibility index (Phi) is 6.16. The first kappa shape index (κ1) is 24.8. The van der Waals surface area contributed by atoms with Gasteiger partial charge >= 0.3 is 6.18 Å². The Morgan fingerprint density at radius 2 is 1.97 bits per heavy atom. The molecule has 1 aromatic carbocycles. The van der Waals surface area contributed by atoms with Gasteiger partial charge in [-0.25, -0.2) is 27.2 Å². The van der Waals surface area contributed by atoms with Crippen LogP contribution in [0.4, 0.5) is 27.6 Å². The van der Waals surface area contributed by atoms with Crippen molar-refractivity contribution < 1.29 is 35.2 Å². The fourth-order valence-corrected chi connectivity index (χ4v) is 5.84. The lowest BCUT2D eigenvalue weighted by atomic mass is 10.0. The SMILES string of the molecule is CC1(c2cn(-c3ncc(NC(=O)Cc4cccc(C(F)(F)F)c4F)cc3F)cn2)CCCS1(=O)=O. The van der Waals surface area contributed by atoms with Crippen LogP contribution in [0.5, 0.6) is 0 Å². The van der Waals surface area contributed by atoms with Gasteiger partial charge in [-0.15, -0.1) is 0 Å². The van der Waals surface area contributed by atoms with Crippen molar-refractivity contribution in [1.29, 1.82) is 0 Å². The number of carbonyl (C=O) groups excluding carboxylic acids is 1. The summed E-state index contributed by atoms with van der Waals surface area (Å²) in [4.78, 5) is 20.3. The monoisotopic (exact) mass is 514 g/mol. The van der Waals surface area contributed by atoms with E-state index in [2.05, 4.69) is 15.3 Å². The number of hydrogen-bond acceptors (Lipinski definition) is 5. The van der Waals surface area contributed by atoms with E-state index in [0.29, 0.717) is 18.9 Å². The van der Waals surface area contributed by atoms with Crippen molar-refractivity contribution >= 4 is 21.4 Å². The summed E-state index contributed by atoms with van der Waals surface area (Å²) in [6, 6.07) is 3.53. The van der Waals surface area contributed by atoms with E-state index in [1.165, 1.54) is 17.1 Å². The molecule has 0 aliphatic carbocycles. The van der Waals surface area contributed by atoms with Crippen molar-refractivity contribution in [3.63, 3.8) is 0 Å². The van der Waals surface area contributed by atoms with Crippen LogP contribution in [0.1, 0.15) is 36.6 Å². The van der Waals surface area contributed by atoms with Gasteiger partial charge in [0.1, 0.15) is 16.9 Å². The van der Waals surface area contributed by atoms with E-state index in [1.807, 2.05) is 0 Å². The Morgan fingerprint density at radius 1 is 1.23 bits per heavy atom. The van der Waals surface area contributed by atoms with Crippen molar-refractivity contribution in [1.82, 2.24) is 14.5 Å². The number of halogens is 5. The number of amides is 1. The summed E-state index contributed by atoms with van der Waals surface area (Å²) in [6.45, 7) is 1.57. The molecule has 1 fully saturated rings. The molecule has 1 atom stereocenters. The quantitative estimate of drug-likeness (QED) is 0.516. The number of sulfone groups is 1. The average Bonchev–Trinajstić information content (AvgIpc) is 3.34. The van der Waals surface area contributed by atoms with E-state index in [4.69, 9.17) is 0 Å². The van der Waals surface area contributed by atoms with Crippen LogP contribution in [0.25, 0.3) is 5.82 Å². The van der Waals surface area contributed by atoms with Crippen molar-refractivity contribution in [3.8, 4) is 5.82 Å². The minimum Gasteiger partial charge on any atom is -0.324 e. The van der Waals surface area contributed by atoms with E-state index in [-0.39, 0.29) is 23.0 Å². The van der Waals surface area contributed by atoms with Gasteiger partial charge in [0.2, 0.25) is 5.91 Å². The highest BCUT2D eigenvalue weighted by Gasteiger charge is 2.46. The van der Waals surface area contributed by atoms with E-state index in [1.54, 1.807) is 6.92 Å². The molecule has 1 N–H and O–H groups in total. The normalized spacial score (nSPS) is 19.6. The van der Waals surface area contributed by atoms with Gasteiger partial charge in [0, 0.05) is 12.3 Å². The smallest absolute Gasteiger partial charge is 0.324 e. The van der Waals surface area contributed by atoms with E-state index >= 15 is 0 Å². The average molecular weight is 514 g/mol. The third-order valence-corrected chi connectivity index (χ3v) is 8.58. The van der Waals surface area contributed by atoms with E-state index in [9.17, 15) is 35.2 Å². The summed E-state index contributed by atoms with van der Waals surface area (Å²) < 4.78 is 92.3. The molecule has 13 heteroatoms. The van der Waals surface area contributed by atoms with Gasteiger partial charge in [-0.05, 0) is 31.4 Å². The molecule has 0 radical (unpaired) electrons. The topological polar surface area (TPSA) is 93.9 Å². The Hall–Kier alpha value is -3.35. The molecular weight excluding hydrogens is 495 g/mol.